The van der Waals surface area contributed by atoms with E-state index in [2.05, 4.69) is 11.3 Å². The van der Waals surface area contributed by atoms with Crippen LogP contribution in [0.25, 0.3) is 0 Å². The number of ketones is 1. The van der Waals surface area contributed by atoms with Crippen LogP contribution in [0, 0.1) is 0 Å². The zero-order valence-electron chi connectivity index (χ0n) is 9.76. The second-order valence-electron chi connectivity index (χ2n) is 3.26. The van der Waals surface area contributed by atoms with Crippen molar-refractivity contribution in [3.63, 3.8) is 0 Å². The molecule has 0 fully saturated rings. The third kappa shape index (κ3) is 2.69. The van der Waals surface area contributed by atoms with Gasteiger partial charge in [-0.15, -0.1) is 6.58 Å². The molecular formula is C12H14O5. The first-order valence-electron chi connectivity index (χ1n) is 4.93. The molecular weight excluding hydrogens is 224 g/mol. The lowest BCUT2D eigenvalue weighted by atomic mass is 10.00. The molecule has 0 saturated carbocycles. The second kappa shape index (κ2) is 5.56. The molecule has 0 aromatic carbocycles. The number of carbonyl (C=O) groups is 2. The van der Waals surface area contributed by atoms with Crippen LogP contribution in [-0.4, -0.2) is 38.4 Å². The molecule has 0 aromatic heterocycles. The highest BCUT2D eigenvalue weighted by Crippen LogP contribution is 2.24. The number of methoxy groups -OCH3 is 2. The highest BCUT2D eigenvalue weighted by molar-refractivity contribution is 6.04. The SMILES string of the molecule is C=CCOC1(OC)C=C(C(=O)OC)C=CC1=O. The molecule has 0 bridgehead atoms. The van der Waals surface area contributed by atoms with Crippen LogP contribution in [0.1, 0.15) is 0 Å². The summed E-state index contributed by atoms with van der Waals surface area (Å²) in [5, 5.41) is 0. The van der Waals surface area contributed by atoms with Crippen molar-refractivity contribution in [2.75, 3.05) is 20.8 Å². The Balaban J connectivity index is 3.05. The number of esters is 1. The van der Waals surface area contributed by atoms with E-state index in [0.29, 0.717) is 0 Å². The Hall–Kier alpha value is -1.72. The summed E-state index contributed by atoms with van der Waals surface area (Å²) in [4.78, 5) is 23.1. The topological polar surface area (TPSA) is 61.8 Å². The van der Waals surface area contributed by atoms with Crippen molar-refractivity contribution in [2.24, 2.45) is 0 Å². The lowest BCUT2D eigenvalue weighted by molar-refractivity contribution is -0.187. The fraction of sp³-hybridized carbons (Fsp3) is 0.333. The molecule has 0 N–H and O–H groups in total. The summed E-state index contributed by atoms with van der Waals surface area (Å²) < 4.78 is 14.9. The van der Waals surface area contributed by atoms with Crippen LogP contribution < -0.4 is 0 Å². The molecule has 0 spiro atoms. The van der Waals surface area contributed by atoms with Crippen molar-refractivity contribution >= 4 is 11.8 Å². The van der Waals surface area contributed by atoms with Crippen LogP contribution >= 0.6 is 0 Å². The van der Waals surface area contributed by atoms with Gasteiger partial charge in [0, 0.05) is 7.11 Å². The maximum absolute atomic E-state index is 11.7. The standard InChI is InChI=1S/C12H14O5/c1-4-7-17-12(16-3)8-9(11(14)15-2)5-6-10(12)13/h4-6,8H,1,7H2,2-3H3. The molecule has 0 heterocycles. The van der Waals surface area contributed by atoms with Gasteiger partial charge in [0.2, 0.25) is 5.78 Å². The van der Waals surface area contributed by atoms with E-state index < -0.39 is 17.5 Å². The van der Waals surface area contributed by atoms with E-state index in [4.69, 9.17) is 9.47 Å². The van der Waals surface area contributed by atoms with Crippen molar-refractivity contribution in [3.8, 4) is 0 Å². The lowest BCUT2D eigenvalue weighted by Crippen LogP contribution is -2.43. The monoisotopic (exact) mass is 238 g/mol. The second-order valence-corrected chi connectivity index (χ2v) is 3.26. The lowest BCUT2D eigenvalue weighted by Gasteiger charge is -2.28. The summed E-state index contributed by atoms with van der Waals surface area (Å²) in [6.45, 7) is 3.61. The summed E-state index contributed by atoms with van der Waals surface area (Å²) in [6.07, 6.45) is 5.37. The minimum atomic E-state index is -1.58. The van der Waals surface area contributed by atoms with Crippen molar-refractivity contribution in [1.82, 2.24) is 0 Å². The highest BCUT2D eigenvalue weighted by atomic mass is 16.7. The van der Waals surface area contributed by atoms with Crippen molar-refractivity contribution in [1.29, 1.82) is 0 Å². The first-order valence-corrected chi connectivity index (χ1v) is 4.93. The Morgan fingerprint density at radius 2 is 2.18 bits per heavy atom. The molecule has 0 saturated heterocycles. The maximum Gasteiger partial charge on any atom is 0.337 e. The predicted molar refractivity (Wildman–Crippen MR) is 60.1 cm³/mol. The van der Waals surface area contributed by atoms with E-state index in [1.54, 1.807) is 0 Å². The minimum Gasteiger partial charge on any atom is -0.465 e. The van der Waals surface area contributed by atoms with Gasteiger partial charge in [0.05, 0.1) is 19.3 Å². The van der Waals surface area contributed by atoms with Crippen LogP contribution in [0.2, 0.25) is 0 Å². The van der Waals surface area contributed by atoms with E-state index in [1.165, 1.54) is 38.5 Å². The molecule has 0 aromatic rings. The first kappa shape index (κ1) is 13.3. The van der Waals surface area contributed by atoms with Crippen molar-refractivity contribution in [2.45, 2.75) is 5.79 Å². The Bertz CT molecular complexity index is 394. The number of rotatable bonds is 5. The van der Waals surface area contributed by atoms with E-state index in [1.807, 2.05) is 0 Å². The number of hydrogen-bond donors (Lipinski definition) is 0. The smallest absolute Gasteiger partial charge is 0.337 e. The number of carbonyl (C=O) groups excluding carboxylic acids is 2. The van der Waals surface area contributed by atoms with E-state index in [0.717, 1.165) is 0 Å². The Labute approximate surface area is 99.3 Å². The van der Waals surface area contributed by atoms with Gasteiger partial charge in [0.25, 0.3) is 5.79 Å². The third-order valence-electron chi connectivity index (χ3n) is 2.24. The molecule has 5 nitrogen and oxygen atoms in total. The van der Waals surface area contributed by atoms with Gasteiger partial charge in [-0.3, -0.25) is 4.79 Å². The summed E-state index contributed by atoms with van der Waals surface area (Å²) in [7, 11) is 2.58. The van der Waals surface area contributed by atoms with Gasteiger partial charge >= 0.3 is 5.97 Å². The molecule has 0 aliphatic heterocycles. The predicted octanol–water partition coefficient (Wildman–Crippen LogP) is 0.770. The Morgan fingerprint density at radius 1 is 1.47 bits per heavy atom. The molecule has 1 aliphatic carbocycles. The third-order valence-corrected chi connectivity index (χ3v) is 2.24. The van der Waals surface area contributed by atoms with Gasteiger partial charge in [-0.25, -0.2) is 4.79 Å². The molecule has 1 unspecified atom stereocenters. The minimum absolute atomic E-state index is 0.123. The quantitative estimate of drug-likeness (QED) is 0.402. The normalized spacial score (nSPS) is 23.2. The van der Waals surface area contributed by atoms with Crippen molar-refractivity contribution < 1.29 is 23.8 Å². The molecule has 92 valence electrons. The average molecular weight is 238 g/mol. The van der Waals surface area contributed by atoms with E-state index in [9.17, 15) is 9.59 Å². The summed E-state index contributed by atoms with van der Waals surface area (Å²) in [5.41, 5.74) is 0.206. The van der Waals surface area contributed by atoms with Crippen LogP contribution in [0.15, 0.2) is 36.5 Å². The molecule has 17 heavy (non-hydrogen) atoms. The molecule has 0 amide bonds. The largest absolute Gasteiger partial charge is 0.465 e. The highest BCUT2D eigenvalue weighted by Gasteiger charge is 2.39. The van der Waals surface area contributed by atoms with E-state index >= 15 is 0 Å². The summed E-state index contributed by atoms with van der Waals surface area (Å²) in [5.74, 6) is -2.53. The fourth-order valence-corrected chi connectivity index (χ4v) is 1.36. The first-order chi connectivity index (χ1) is 8.09. The van der Waals surface area contributed by atoms with Crippen LogP contribution in [0.3, 0.4) is 0 Å². The van der Waals surface area contributed by atoms with Crippen LogP contribution in [0.5, 0.6) is 0 Å². The van der Waals surface area contributed by atoms with Gasteiger partial charge in [0.1, 0.15) is 0 Å². The average Bonchev–Trinajstić information content (AvgIpc) is 2.37. The Kier molecular flexibility index (Phi) is 4.37. The zero-order valence-corrected chi connectivity index (χ0v) is 9.76. The van der Waals surface area contributed by atoms with E-state index in [-0.39, 0.29) is 12.2 Å². The summed E-state index contributed by atoms with van der Waals surface area (Å²) >= 11 is 0. The number of ether oxygens (including phenoxy) is 3. The van der Waals surface area contributed by atoms with Gasteiger partial charge in [0.15, 0.2) is 0 Å². The van der Waals surface area contributed by atoms with Crippen LogP contribution in [-0.2, 0) is 23.8 Å². The molecule has 0 radical (unpaired) electrons. The molecule has 1 aliphatic rings. The molecule has 1 rings (SSSR count). The van der Waals surface area contributed by atoms with Gasteiger partial charge in [-0.05, 0) is 18.2 Å². The van der Waals surface area contributed by atoms with Gasteiger partial charge < -0.3 is 14.2 Å². The maximum atomic E-state index is 11.7. The fourth-order valence-electron chi connectivity index (χ4n) is 1.36. The summed E-state index contributed by atoms with van der Waals surface area (Å²) in [6, 6.07) is 0. The zero-order chi connectivity index (χ0) is 12.9. The number of hydrogen-bond acceptors (Lipinski definition) is 5. The van der Waals surface area contributed by atoms with Crippen molar-refractivity contribution in [3.05, 3.63) is 36.5 Å². The van der Waals surface area contributed by atoms with Gasteiger partial charge in [-0.2, -0.15) is 0 Å². The van der Waals surface area contributed by atoms with Gasteiger partial charge in [-0.1, -0.05) is 6.08 Å². The van der Waals surface area contributed by atoms with Crippen LogP contribution in [0.4, 0.5) is 0 Å². The Morgan fingerprint density at radius 3 is 2.71 bits per heavy atom. The molecule has 5 heteroatoms. The molecule has 1 atom stereocenters.